The zero-order valence-electron chi connectivity index (χ0n) is 16.4. The van der Waals surface area contributed by atoms with Crippen LogP contribution in [0.25, 0.3) is 0 Å². The molecule has 0 saturated heterocycles. The molecule has 9 heteroatoms. The van der Waals surface area contributed by atoms with Gasteiger partial charge in [-0.2, -0.15) is 0 Å². The maximum absolute atomic E-state index is 12.4. The summed E-state index contributed by atoms with van der Waals surface area (Å²) < 4.78 is 15.9. The topological polar surface area (TPSA) is 126 Å². The summed E-state index contributed by atoms with van der Waals surface area (Å²) >= 11 is 0. The number of hydroxylamine groups is 1. The zero-order valence-corrected chi connectivity index (χ0v) is 16.4. The van der Waals surface area contributed by atoms with Crippen molar-refractivity contribution in [3.8, 4) is 11.5 Å². The predicted octanol–water partition coefficient (Wildman–Crippen LogP) is 2.81. The fourth-order valence-electron chi connectivity index (χ4n) is 2.48. The number of aliphatic hydroxyl groups excluding tert-OH is 1. The second-order valence-electron chi connectivity index (χ2n) is 6.00. The van der Waals surface area contributed by atoms with E-state index < -0.39 is 18.1 Å². The summed E-state index contributed by atoms with van der Waals surface area (Å²) in [5, 5.41) is 20.0. The lowest BCUT2D eigenvalue weighted by Gasteiger charge is -2.18. The number of carbonyl (C=O) groups excluding carboxylic acids is 2. The van der Waals surface area contributed by atoms with Gasteiger partial charge in [-0.15, -0.1) is 0 Å². The summed E-state index contributed by atoms with van der Waals surface area (Å²) in [5.74, 6) is 0.524. The normalized spacial score (nSPS) is 11.6. The molecule has 2 aromatic rings. The Morgan fingerprint density at radius 2 is 1.73 bits per heavy atom. The number of anilines is 1. The summed E-state index contributed by atoms with van der Waals surface area (Å²) in [4.78, 5) is 23.5. The molecule has 2 rings (SSSR count). The van der Waals surface area contributed by atoms with E-state index >= 15 is 0 Å². The molecule has 0 aliphatic heterocycles. The van der Waals surface area contributed by atoms with E-state index in [-0.39, 0.29) is 19.6 Å². The molecule has 2 amide bonds. The van der Waals surface area contributed by atoms with E-state index in [1.165, 1.54) is 11.6 Å². The van der Waals surface area contributed by atoms with Crippen LogP contribution in [0.2, 0.25) is 0 Å². The summed E-state index contributed by atoms with van der Waals surface area (Å²) in [6.45, 7) is 0.0687. The molecule has 0 fully saturated rings. The third kappa shape index (κ3) is 7.46. The van der Waals surface area contributed by atoms with E-state index in [0.29, 0.717) is 22.7 Å². The number of benzene rings is 2. The Morgan fingerprint density at radius 1 is 1.07 bits per heavy atom. The van der Waals surface area contributed by atoms with E-state index in [1.54, 1.807) is 55.6 Å². The minimum atomic E-state index is -0.696. The minimum absolute atomic E-state index is 0.100. The molecular formula is C21H24N2O7. The van der Waals surface area contributed by atoms with Gasteiger partial charge >= 0.3 is 6.09 Å². The Hall–Kier alpha value is -3.56. The highest BCUT2D eigenvalue weighted by Gasteiger charge is 2.16. The summed E-state index contributed by atoms with van der Waals surface area (Å²) in [6.07, 6.45) is 1.44. The van der Waals surface area contributed by atoms with Gasteiger partial charge in [0.25, 0.3) is 5.91 Å². The average Bonchev–Trinajstić information content (AvgIpc) is 2.77. The molecule has 9 nitrogen and oxygen atoms in total. The van der Waals surface area contributed by atoms with Gasteiger partial charge < -0.3 is 19.3 Å². The molecule has 0 aliphatic carbocycles. The molecule has 0 aromatic heterocycles. The maximum Gasteiger partial charge on any atom is 0.412 e. The maximum atomic E-state index is 12.4. The van der Waals surface area contributed by atoms with Crippen LogP contribution >= 0.6 is 0 Å². The highest BCUT2D eigenvalue weighted by molar-refractivity contribution is 5.86. The van der Waals surface area contributed by atoms with Crippen LogP contribution < -0.4 is 20.3 Å². The number of methoxy groups -OCH3 is 1. The molecule has 0 aliphatic rings. The molecule has 0 spiro atoms. The van der Waals surface area contributed by atoms with Gasteiger partial charge in [0.15, 0.2) is 0 Å². The SMILES string of the molecule is COc1ccc(NC(=O)O[C@H](C/C=C/C(=O)NO)c2ccc(OCCO)cc2)cc1. The molecule has 0 saturated carbocycles. The van der Waals surface area contributed by atoms with Crippen LogP contribution in [0.5, 0.6) is 11.5 Å². The van der Waals surface area contributed by atoms with Crippen LogP contribution in [-0.2, 0) is 9.53 Å². The number of ether oxygens (including phenoxy) is 3. The first-order valence-electron chi connectivity index (χ1n) is 9.11. The van der Waals surface area contributed by atoms with Gasteiger partial charge in [0.2, 0.25) is 0 Å². The molecule has 4 N–H and O–H groups in total. The quantitative estimate of drug-likeness (QED) is 0.266. The molecular weight excluding hydrogens is 392 g/mol. The number of rotatable bonds is 10. The largest absolute Gasteiger partial charge is 0.497 e. The number of hydrogen-bond donors (Lipinski definition) is 4. The van der Waals surface area contributed by atoms with Crippen LogP contribution in [0, 0.1) is 0 Å². The third-order valence-electron chi connectivity index (χ3n) is 3.93. The van der Waals surface area contributed by atoms with Crippen LogP contribution in [-0.4, -0.2) is 42.6 Å². The molecule has 1 atom stereocenters. The summed E-state index contributed by atoms with van der Waals surface area (Å²) in [6, 6.07) is 13.6. The number of amides is 2. The number of hydrogen-bond acceptors (Lipinski definition) is 7. The monoisotopic (exact) mass is 416 g/mol. The van der Waals surface area contributed by atoms with Gasteiger partial charge in [-0.3, -0.25) is 15.3 Å². The Balaban J connectivity index is 2.08. The van der Waals surface area contributed by atoms with E-state index in [1.807, 2.05) is 0 Å². The van der Waals surface area contributed by atoms with Gasteiger partial charge in [-0.05, 0) is 42.0 Å². The molecule has 0 unspecified atom stereocenters. The van der Waals surface area contributed by atoms with Crippen molar-refractivity contribution < 1.29 is 34.1 Å². The number of nitrogens with one attached hydrogen (secondary N) is 2. The van der Waals surface area contributed by atoms with Crippen molar-refractivity contribution >= 4 is 17.7 Å². The van der Waals surface area contributed by atoms with Gasteiger partial charge in [-0.25, -0.2) is 10.3 Å². The van der Waals surface area contributed by atoms with Crippen molar-refractivity contribution in [2.75, 3.05) is 25.6 Å². The first-order valence-corrected chi connectivity index (χ1v) is 9.11. The van der Waals surface area contributed by atoms with Crippen LogP contribution in [0.3, 0.4) is 0 Å². The van der Waals surface area contributed by atoms with E-state index in [9.17, 15) is 9.59 Å². The predicted molar refractivity (Wildman–Crippen MR) is 109 cm³/mol. The number of carbonyl (C=O) groups is 2. The van der Waals surface area contributed by atoms with Crippen LogP contribution in [0.4, 0.5) is 10.5 Å². The first kappa shape index (κ1) is 22.7. The van der Waals surface area contributed by atoms with Crippen molar-refractivity contribution in [3.63, 3.8) is 0 Å². The second-order valence-corrected chi connectivity index (χ2v) is 6.00. The van der Waals surface area contributed by atoms with Gasteiger partial charge in [0, 0.05) is 18.2 Å². The lowest BCUT2D eigenvalue weighted by Crippen LogP contribution is -2.18. The zero-order chi connectivity index (χ0) is 21.8. The standard InChI is InChI=1S/C21H24N2O7/c1-28-17-11-7-16(8-12-17)22-21(26)30-19(3-2-4-20(25)23-27)15-5-9-18(10-6-15)29-14-13-24/h2,4-12,19,24,27H,3,13-14H2,1H3,(H,22,26)(H,23,25)/b4-2+/t19-/m1/s1. The third-order valence-corrected chi connectivity index (χ3v) is 3.93. The lowest BCUT2D eigenvalue weighted by atomic mass is 10.1. The van der Waals surface area contributed by atoms with Crippen LogP contribution in [0.1, 0.15) is 18.1 Å². The molecule has 2 aromatic carbocycles. The highest BCUT2D eigenvalue weighted by Crippen LogP contribution is 2.25. The molecule has 0 heterocycles. The van der Waals surface area contributed by atoms with Crippen molar-refractivity contribution in [1.29, 1.82) is 0 Å². The van der Waals surface area contributed by atoms with Gasteiger partial charge in [0.05, 0.1) is 13.7 Å². The van der Waals surface area contributed by atoms with E-state index in [4.69, 9.17) is 24.5 Å². The lowest BCUT2D eigenvalue weighted by molar-refractivity contribution is -0.124. The molecule has 160 valence electrons. The van der Waals surface area contributed by atoms with Crippen molar-refractivity contribution in [2.45, 2.75) is 12.5 Å². The second kappa shape index (κ2) is 12.1. The average molecular weight is 416 g/mol. The fraction of sp³-hybridized carbons (Fsp3) is 0.238. The van der Waals surface area contributed by atoms with Crippen molar-refractivity contribution in [1.82, 2.24) is 5.48 Å². The van der Waals surface area contributed by atoms with E-state index in [2.05, 4.69) is 5.32 Å². The highest BCUT2D eigenvalue weighted by atomic mass is 16.6. The Morgan fingerprint density at radius 3 is 2.33 bits per heavy atom. The molecule has 0 bridgehead atoms. The first-order chi connectivity index (χ1) is 14.5. The Bertz CT molecular complexity index is 835. The Kier molecular flexibility index (Phi) is 9.17. The van der Waals surface area contributed by atoms with Crippen molar-refractivity contribution in [2.24, 2.45) is 0 Å². The molecule has 30 heavy (non-hydrogen) atoms. The summed E-state index contributed by atoms with van der Waals surface area (Å²) in [7, 11) is 1.55. The van der Waals surface area contributed by atoms with E-state index in [0.717, 1.165) is 6.08 Å². The van der Waals surface area contributed by atoms with Gasteiger partial charge in [0.1, 0.15) is 24.2 Å². The smallest absolute Gasteiger partial charge is 0.412 e. The number of aliphatic hydroxyl groups is 1. The van der Waals surface area contributed by atoms with Crippen molar-refractivity contribution in [3.05, 3.63) is 66.2 Å². The van der Waals surface area contributed by atoms with Crippen LogP contribution in [0.15, 0.2) is 60.7 Å². The Labute approximate surface area is 173 Å². The molecule has 0 radical (unpaired) electrons. The fourth-order valence-corrected chi connectivity index (χ4v) is 2.48. The summed E-state index contributed by atoms with van der Waals surface area (Å²) in [5.41, 5.74) is 2.70. The van der Waals surface area contributed by atoms with Gasteiger partial charge in [-0.1, -0.05) is 18.2 Å². The minimum Gasteiger partial charge on any atom is -0.497 e.